The standard InChI is InChI=1S/C47H34N2.C46H33N3/c1-47(2)42-28-26-38(29-41(42)40-27-25-34-13-9-10-16-39(34)45(40)47)33-17-21-36(22-18-33)44-30-43(35-14-7-4-8-15-35)48-46(49-44)37-23-19-32(20-24-37)31-11-5-3-6-12-31;1-46(2)40-22-21-37(28-39(40)44-38-11-7-6-10-33(38)20-23-41(44)46)32-12-16-34(17-13-32)42-29-43(35-24-26-47-27-25-35)49-45(48-42)36-18-14-31(15-19-36)30-8-4-3-5-9-30/h3-30H,1-2H3;3-29H,1-2H3. The highest BCUT2D eigenvalue weighted by Crippen LogP contribution is 2.54. The number of rotatable bonds is 10. The van der Waals surface area contributed by atoms with Gasteiger partial charge in [-0.25, -0.2) is 19.9 Å². The maximum Gasteiger partial charge on any atom is 0.160 e. The number of hydrogen-bond acceptors (Lipinski definition) is 5. The Kier molecular flexibility index (Phi) is 14.8. The molecule has 0 unspecified atom stereocenters. The molecule has 16 aromatic rings. The number of benzene rings is 13. The van der Waals surface area contributed by atoms with Gasteiger partial charge in [0.2, 0.25) is 0 Å². The Balaban J connectivity index is 0.000000147. The summed E-state index contributed by atoms with van der Waals surface area (Å²) in [6.07, 6.45) is 3.61. The van der Waals surface area contributed by atoms with Gasteiger partial charge in [0.15, 0.2) is 11.6 Å². The van der Waals surface area contributed by atoms with E-state index in [1.54, 1.807) is 12.4 Å². The summed E-state index contributed by atoms with van der Waals surface area (Å²) in [5.41, 5.74) is 30.1. The van der Waals surface area contributed by atoms with Gasteiger partial charge >= 0.3 is 0 Å². The predicted molar refractivity (Wildman–Crippen MR) is 406 cm³/mol. The zero-order chi connectivity index (χ0) is 65.9. The van der Waals surface area contributed by atoms with Gasteiger partial charge in [-0.1, -0.05) is 313 Å². The highest BCUT2D eigenvalue weighted by molar-refractivity contribution is 6.03. The summed E-state index contributed by atoms with van der Waals surface area (Å²) in [7, 11) is 0. The third kappa shape index (κ3) is 10.8. The van der Waals surface area contributed by atoms with Crippen LogP contribution in [0.5, 0.6) is 0 Å². The van der Waals surface area contributed by atoms with E-state index < -0.39 is 0 Å². The van der Waals surface area contributed by atoms with Gasteiger partial charge in [0.1, 0.15) is 0 Å². The molecule has 2 aliphatic carbocycles. The van der Waals surface area contributed by atoms with Crippen molar-refractivity contribution in [2.24, 2.45) is 0 Å². The van der Waals surface area contributed by atoms with Gasteiger partial charge in [0.05, 0.1) is 22.8 Å². The highest BCUT2D eigenvalue weighted by atomic mass is 14.9. The van der Waals surface area contributed by atoms with Gasteiger partial charge < -0.3 is 0 Å². The van der Waals surface area contributed by atoms with Crippen LogP contribution in [-0.2, 0) is 10.8 Å². The van der Waals surface area contributed by atoms with Gasteiger partial charge in [-0.2, -0.15) is 0 Å². The molecule has 0 radical (unpaired) electrons. The molecule has 5 heteroatoms. The van der Waals surface area contributed by atoms with Crippen molar-refractivity contribution in [2.45, 2.75) is 38.5 Å². The third-order valence-electron chi connectivity index (χ3n) is 20.1. The molecule has 0 N–H and O–H groups in total. The predicted octanol–water partition coefficient (Wildman–Crippen LogP) is 23.9. The van der Waals surface area contributed by atoms with Crippen LogP contribution in [0.25, 0.3) is 156 Å². The van der Waals surface area contributed by atoms with E-state index in [0.29, 0.717) is 11.6 Å². The molecule has 18 rings (SSSR count). The van der Waals surface area contributed by atoms with Crippen LogP contribution >= 0.6 is 0 Å². The fourth-order valence-corrected chi connectivity index (χ4v) is 14.9. The molecule has 0 aliphatic heterocycles. The van der Waals surface area contributed by atoms with Gasteiger partial charge in [0.25, 0.3) is 0 Å². The number of fused-ring (bicyclic) bond motifs is 10. The van der Waals surface area contributed by atoms with E-state index in [2.05, 4.69) is 324 Å². The zero-order valence-corrected chi connectivity index (χ0v) is 55.0. The van der Waals surface area contributed by atoms with Crippen LogP contribution in [0, 0.1) is 0 Å². The molecule has 0 spiro atoms. The Hall–Kier alpha value is -12.3. The van der Waals surface area contributed by atoms with Crippen molar-refractivity contribution in [2.75, 3.05) is 0 Å². The van der Waals surface area contributed by atoms with E-state index in [0.717, 1.165) is 61.7 Å². The maximum absolute atomic E-state index is 5.11. The molecule has 13 aromatic carbocycles. The van der Waals surface area contributed by atoms with Gasteiger partial charge in [-0.05, 0) is 147 Å². The van der Waals surface area contributed by atoms with Crippen molar-refractivity contribution in [3.05, 3.63) is 356 Å². The lowest BCUT2D eigenvalue weighted by molar-refractivity contribution is 0.661. The topological polar surface area (TPSA) is 64.5 Å². The molecule has 0 saturated carbocycles. The molecule has 0 fully saturated rings. The summed E-state index contributed by atoms with van der Waals surface area (Å²) in [5.74, 6) is 1.41. The Bertz CT molecular complexity index is 5670. The van der Waals surface area contributed by atoms with Crippen LogP contribution < -0.4 is 0 Å². The maximum atomic E-state index is 5.11. The number of aromatic nitrogens is 5. The van der Waals surface area contributed by atoms with E-state index in [1.807, 2.05) is 30.3 Å². The number of nitrogens with zero attached hydrogens (tertiary/aromatic N) is 5. The largest absolute Gasteiger partial charge is 0.265 e. The Morgan fingerprint density at radius 1 is 0.224 bits per heavy atom. The molecule has 2 aliphatic rings. The van der Waals surface area contributed by atoms with Crippen LogP contribution in [0.1, 0.15) is 49.9 Å². The van der Waals surface area contributed by atoms with E-state index >= 15 is 0 Å². The fraction of sp³-hybridized carbons (Fsp3) is 0.0645. The summed E-state index contributed by atoms with van der Waals surface area (Å²) < 4.78 is 0. The smallest absolute Gasteiger partial charge is 0.160 e. The quantitative estimate of drug-likeness (QED) is 0.137. The van der Waals surface area contributed by atoms with E-state index in [9.17, 15) is 0 Å². The van der Waals surface area contributed by atoms with Crippen molar-refractivity contribution in [3.63, 3.8) is 0 Å². The molecule has 0 bridgehead atoms. The Morgan fingerprint density at radius 3 is 1.06 bits per heavy atom. The van der Waals surface area contributed by atoms with Crippen LogP contribution in [0.4, 0.5) is 0 Å². The molecule has 5 nitrogen and oxygen atoms in total. The molecular weight excluding hydrogens is 1190 g/mol. The summed E-state index contributed by atoms with van der Waals surface area (Å²) in [4.78, 5) is 24.5. The number of pyridine rings is 1. The normalized spacial score (nSPS) is 12.9. The highest BCUT2D eigenvalue weighted by Gasteiger charge is 2.38. The van der Waals surface area contributed by atoms with Crippen LogP contribution in [0.3, 0.4) is 0 Å². The van der Waals surface area contributed by atoms with E-state index in [4.69, 9.17) is 19.9 Å². The lowest BCUT2D eigenvalue weighted by atomic mass is 9.80. The lowest BCUT2D eigenvalue weighted by Gasteiger charge is -2.23. The Labute approximate surface area is 572 Å². The average Bonchev–Trinajstić information content (AvgIpc) is 1.57. The summed E-state index contributed by atoms with van der Waals surface area (Å²) in [6, 6.07) is 115. The Morgan fingerprint density at radius 2 is 0.561 bits per heavy atom. The van der Waals surface area contributed by atoms with E-state index in [1.165, 1.54) is 105 Å². The monoisotopic (exact) mass is 1250 g/mol. The lowest BCUT2D eigenvalue weighted by Crippen LogP contribution is -2.15. The van der Waals surface area contributed by atoms with Crippen molar-refractivity contribution >= 4 is 21.5 Å². The summed E-state index contributed by atoms with van der Waals surface area (Å²) in [6.45, 7) is 9.40. The first-order valence-electron chi connectivity index (χ1n) is 33.7. The summed E-state index contributed by atoms with van der Waals surface area (Å²) in [5, 5.41) is 5.24. The first-order valence-corrected chi connectivity index (χ1v) is 33.7. The van der Waals surface area contributed by atoms with Gasteiger partial charge in [-0.15, -0.1) is 0 Å². The molecule has 464 valence electrons. The van der Waals surface area contributed by atoms with Crippen LogP contribution in [0.2, 0.25) is 0 Å². The van der Waals surface area contributed by atoms with Crippen molar-refractivity contribution in [1.82, 2.24) is 24.9 Å². The second-order valence-corrected chi connectivity index (χ2v) is 26.8. The molecule has 98 heavy (non-hydrogen) atoms. The molecule has 0 amide bonds. The minimum absolute atomic E-state index is 0.0454. The molecule has 3 aromatic heterocycles. The molecule has 0 saturated heterocycles. The summed E-state index contributed by atoms with van der Waals surface area (Å²) >= 11 is 0. The first kappa shape index (κ1) is 59.4. The minimum Gasteiger partial charge on any atom is -0.265 e. The van der Waals surface area contributed by atoms with Crippen LogP contribution in [-0.4, -0.2) is 24.9 Å². The van der Waals surface area contributed by atoms with Crippen LogP contribution in [0.15, 0.2) is 334 Å². The first-order chi connectivity index (χ1) is 48.1. The number of hydrogen-bond donors (Lipinski definition) is 0. The molecule has 0 atom stereocenters. The fourth-order valence-electron chi connectivity index (χ4n) is 14.9. The van der Waals surface area contributed by atoms with Crippen molar-refractivity contribution in [1.29, 1.82) is 0 Å². The van der Waals surface area contributed by atoms with Crippen molar-refractivity contribution < 1.29 is 0 Å². The van der Waals surface area contributed by atoms with Gasteiger partial charge in [0, 0.05) is 56.6 Å². The van der Waals surface area contributed by atoms with Crippen molar-refractivity contribution in [3.8, 4) is 135 Å². The second kappa shape index (κ2) is 24.5. The average molecular weight is 1250 g/mol. The third-order valence-corrected chi connectivity index (χ3v) is 20.1. The van der Waals surface area contributed by atoms with E-state index in [-0.39, 0.29) is 10.8 Å². The van der Waals surface area contributed by atoms with Gasteiger partial charge in [-0.3, -0.25) is 4.98 Å². The second-order valence-electron chi connectivity index (χ2n) is 26.8. The molecular formula is C93H67N5. The zero-order valence-electron chi connectivity index (χ0n) is 55.0. The minimum atomic E-state index is -0.0586. The molecule has 3 heterocycles. The SMILES string of the molecule is CC1(C)c2ccc(-c3ccc(-c4cc(-c5ccccc5)nc(-c5ccc(-c6ccccc6)cc5)n4)cc3)cc2-c2ccc3ccccc3c21.CC1(C)c2ccc(-c3ccc(-c4cc(-c5ccncc5)nc(-c5ccc(-c6ccccc6)cc5)n4)cc3)cc2-c2c1ccc1ccccc21.